The lowest BCUT2D eigenvalue weighted by molar-refractivity contribution is -0.870. The Morgan fingerprint density at radius 1 is 0.478 bits per heavy atom. The Kier molecular flexibility index (Phi) is 44.5. The molecule has 2 atom stereocenters. The average Bonchev–Trinajstić information content (AvgIpc) is 3.29. The van der Waals surface area contributed by atoms with E-state index in [0.717, 1.165) is 103 Å². The highest BCUT2D eigenvalue weighted by Gasteiger charge is 2.27. The van der Waals surface area contributed by atoms with E-state index >= 15 is 0 Å². The quantitative estimate of drug-likeness (QED) is 0.0212. The van der Waals surface area contributed by atoms with E-state index in [4.69, 9.17) is 18.5 Å². The molecule has 0 radical (unpaired) electrons. The van der Waals surface area contributed by atoms with E-state index in [1.807, 2.05) is 27.2 Å². The summed E-state index contributed by atoms with van der Waals surface area (Å²) < 4.78 is 34.3. The minimum atomic E-state index is -4.41. The van der Waals surface area contributed by atoms with Crippen molar-refractivity contribution in [1.82, 2.24) is 0 Å². The predicted octanol–water partition coefficient (Wildman–Crippen LogP) is 15.4. The van der Waals surface area contributed by atoms with Crippen LogP contribution in [0, 0.1) is 0 Å². The molecule has 0 aliphatic rings. The second-order valence-electron chi connectivity index (χ2n) is 17.5. The van der Waals surface area contributed by atoms with Gasteiger partial charge in [0.25, 0.3) is 0 Å². The number of hydrogen-bond acceptors (Lipinski definition) is 7. The van der Waals surface area contributed by atoms with Crippen LogP contribution in [-0.4, -0.2) is 74.9 Å². The number of nitrogens with zero attached hydrogens (tertiary/aromatic N) is 1. The largest absolute Gasteiger partial charge is 0.472 e. The third-order valence-electron chi connectivity index (χ3n) is 9.91. The highest BCUT2D eigenvalue weighted by Crippen LogP contribution is 2.43. The first-order valence-corrected chi connectivity index (χ1v) is 26.9. The third-order valence-corrected chi connectivity index (χ3v) is 10.9. The van der Waals surface area contributed by atoms with Crippen molar-refractivity contribution >= 4 is 19.8 Å². The fourth-order valence-corrected chi connectivity index (χ4v) is 6.71. The minimum Gasteiger partial charge on any atom is -0.462 e. The van der Waals surface area contributed by atoms with Gasteiger partial charge in [0, 0.05) is 12.8 Å². The first kappa shape index (κ1) is 63.1. The maximum absolute atomic E-state index is 12.7. The van der Waals surface area contributed by atoms with Crippen LogP contribution in [0.5, 0.6) is 0 Å². The van der Waals surface area contributed by atoms with Gasteiger partial charge in [-0.3, -0.25) is 18.6 Å². The van der Waals surface area contributed by atoms with Gasteiger partial charge in [-0.25, -0.2) is 4.57 Å². The molecule has 0 aromatic rings. The lowest BCUT2D eigenvalue weighted by Gasteiger charge is -2.24. The Morgan fingerprint density at radius 3 is 1.31 bits per heavy atom. The van der Waals surface area contributed by atoms with Crippen molar-refractivity contribution in [2.75, 3.05) is 47.5 Å². The Labute approximate surface area is 409 Å². The smallest absolute Gasteiger partial charge is 0.462 e. The first-order valence-electron chi connectivity index (χ1n) is 25.4. The van der Waals surface area contributed by atoms with E-state index in [0.29, 0.717) is 30.3 Å². The average molecular weight is 951 g/mol. The predicted molar refractivity (Wildman–Crippen MR) is 284 cm³/mol. The number of carbonyl (C=O) groups is 2. The number of unbranched alkanes of at least 4 members (excludes halogenated alkanes) is 8. The summed E-state index contributed by atoms with van der Waals surface area (Å²) in [5, 5.41) is 0. The minimum absolute atomic E-state index is 0.0102. The number of allylic oxidation sites excluding steroid dienone is 22. The van der Waals surface area contributed by atoms with Gasteiger partial charge in [0.1, 0.15) is 19.8 Å². The van der Waals surface area contributed by atoms with Gasteiger partial charge < -0.3 is 18.9 Å². The van der Waals surface area contributed by atoms with Gasteiger partial charge in [-0.1, -0.05) is 180 Å². The van der Waals surface area contributed by atoms with Gasteiger partial charge in [-0.05, 0) is 103 Å². The van der Waals surface area contributed by atoms with Crippen LogP contribution in [0.1, 0.15) is 162 Å². The Morgan fingerprint density at radius 2 is 0.866 bits per heavy atom. The van der Waals surface area contributed by atoms with Crippen molar-refractivity contribution in [3.63, 3.8) is 0 Å². The molecule has 0 amide bonds. The number of quaternary nitrogens is 1. The number of likely N-dealkylation sites (N-methyl/N-ethyl adjacent to an activating group) is 1. The van der Waals surface area contributed by atoms with Crippen LogP contribution in [0.4, 0.5) is 0 Å². The number of phosphoric ester groups is 1. The Balaban J connectivity index is 4.41. The monoisotopic (exact) mass is 951 g/mol. The van der Waals surface area contributed by atoms with Crippen LogP contribution in [0.25, 0.3) is 0 Å². The van der Waals surface area contributed by atoms with Crippen LogP contribution in [0.15, 0.2) is 134 Å². The van der Waals surface area contributed by atoms with Crippen molar-refractivity contribution in [3.8, 4) is 0 Å². The summed E-state index contributed by atoms with van der Waals surface area (Å²) in [6.07, 6.45) is 68.0. The molecule has 0 saturated carbocycles. The zero-order valence-electron chi connectivity index (χ0n) is 42.6. The maximum Gasteiger partial charge on any atom is 0.472 e. The van der Waals surface area contributed by atoms with E-state index in [2.05, 4.69) is 141 Å². The molecule has 1 N–H and O–H groups in total. The highest BCUT2D eigenvalue weighted by atomic mass is 31.2. The normalized spacial score (nSPS) is 14.5. The van der Waals surface area contributed by atoms with Gasteiger partial charge in [-0.2, -0.15) is 0 Å². The van der Waals surface area contributed by atoms with Crippen molar-refractivity contribution in [2.24, 2.45) is 0 Å². The molecule has 0 saturated heterocycles. The van der Waals surface area contributed by atoms with Crippen LogP contribution in [0.3, 0.4) is 0 Å². The molecule has 0 aromatic carbocycles. The summed E-state index contributed by atoms with van der Waals surface area (Å²) in [5.74, 6) is -0.899. The van der Waals surface area contributed by atoms with Crippen LogP contribution in [0.2, 0.25) is 0 Å². The van der Waals surface area contributed by atoms with Crippen LogP contribution >= 0.6 is 7.82 Å². The summed E-state index contributed by atoms with van der Waals surface area (Å²) >= 11 is 0. The van der Waals surface area contributed by atoms with E-state index in [-0.39, 0.29) is 26.1 Å². The lowest BCUT2D eigenvalue weighted by atomic mass is 10.1. The molecule has 0 spiro atoms. The Hall–Kier alpha value is -3.85. The molecule has 10 heteroatoms. The summed E-state index contributed by atoms with van der Waals surface area (Å²) in [4.78, 5) is 35.5. The molecule has 0 heterocycles. The summed E-state index contributed by atoms with van der Waals surface area (Å²) in [6, 6.07) is 0. The van der Waals surface area contributed by atoms with Crippen molar-refractivity contribution < 1.29 is 42.1 Å². The highest BCUT2D eigenvalue weighted by molar-refractivity contribution is 7.47. The van der Waals surface area contributed by atoms with Crippen LogP contribution < -0.4 is 0 Å². The van der Waals surface area contributed by atoms with E-state index < -0.39 is 32.5 Å². The Bertz CT molecular complexity index is 1590. The van der Waals surface area contributed by atoms with Gasteiger partial charge in [0.05, 0.1) is 27.7 Å². The zero-order valence-corrected chi connectivity index (χ0v) is 43.5. The molecule has 0 rings (SSSR count). The molecule has 378 valence electrons. The SMILES string of the molecule is CC/C=C\C/C=C\C/C=C\C/C=C\C/C=C\C/C=C\C/C=C\C/C=C\C/C=C\CCCC(=O)OC(COC(=O)CCCCCCC/C=C\C/C=C\CCCC)COP(=O)(O)OCC[N+](C)(C)C. The molecule has 9 nitrogen and oxygen atoms in total. The van der Waals surface area contributed by atoms with Gasteiger partial charge >= 0.3 is 19.8 Å². The number of phosphoric acid groups is 1. The molecule has 0 aliphatic carbocycles. The van der Waals surface area contributed by atoms with Crippen LogP contribution in [-0.2, 0) is 32.7 Å². The zero-order chi connectivity index (χ0) is 49.2. The summed E-state index contributed by atoms with van der Waals surface area (Å²) in [6.45, 7) is 4.15. The molecule has 67 heavy (non-hydrogen) atoms. The summed E-state index contributed by atoms with van der Waals surface area (Å²) in [5.41, 5.74) is 0. The first-order chi connectivity index (χ1) is 32.5. The topological polar surface area (TPSA) is 108 Å². The molecule has 0 aromatic heterocycles. The molecular weight excluding hydrogens is 858 g/mol. The second-order valence-corrected chi connectivity index (χ2v) is 18.9. The number of ether oxygens (including phenoxy) is 2. The van der Waals surface area contributed by atoms with Crippen molar-refractivity contribution in [2.45, 2.75) is 168 Å². The fourth-order valence-electron chi connectivity index (χ4n) is 5.97. The van der Waals surface area contributed by atoms with Crippen molar-refractivity contribution in [1.29, 1.82) is 0 Å². The molecule has 2 unspecified atom stereocenters. The van der Waals surface area contributed by atoms with Gasteiger partial charge in [0.15, 0.2) is 6.10 Å². The van der Waals surface area contributed by atoms with E-state index in [1.54, 1.807) is 0 Å². The molecule has 0 fully saturated rings. The van der Waals surface area contributed by atoms with Gasteiger partial charge in [-0.15, -0.1) is 0 Å². The third kappa shape index (κ3) is 51.4. The molecular formula is C57H93NO8P+. The van der Waals surface area contributed by atoms with E-state index in [1.165, 1.54) is 12.8 Å². The lowest BCUT2D eigenvalue weighted by Crippen LogP contribution is -2.37. The number of hydrogen-bond donors (Lipinski definition) is 1. The van der Waals surface area contributed by atoms with Crippen molar-refractivity contribution in [3.05, 3.63) is 134 Å². The number of rotatable bonds is 44. The number of esters is 2. The standard InChI is InChI=1S/C57H92NO8P/c1-6-8-10-12-14-16-18-20-22-23-24-25-26-27-28-29-30-31-32-33-34-35-36-38-40-42-44-46-48-50-57(60)66-55(54-65-67(61,62)64-52-51-58(3,4)5)53-63-56(59)49-47-45-43-41-39-37-21-19-17-15-13-11-9-7-2/h8,10,13-16,19-22,24-25,27-28,30-31,33-34,36,38,42,44,55H,6-7,9,11-12,17-18,23,26,29,32,35,37,39-41,43,45-54H2,1-5H3/p+1/b10-8-,15-13-,16-14-,21-19-,22-20-,25-24-,28-27-,31-30-,34-33-,38-36-,44-42-. The van der Waals surface area contributed by atoms with Gasteiger partial charge in [0.2, 0.25) is 0 Å². The number of carbonyl (C=O) groups excluding carboxylic acids is 2. The maximum atomic E-state index is 12.7. The fraction of sp³-hybridized carbons (Fsp3) is 0.579. The van der Waals surface area contributed by atoms with E-state index in [9.17, 15) is 19.0 Å². The second kappa shape index (κ2) is 47.2. The summed E-state index contributed by atoms with van der Waals surface area (Å²) in [7, 11) is 1.41. The molecule has 0 bridgehead atoms. The molecule has 0 aliphatic heterocycles.